The quantitative estimate of drug-likeness (QED) is 0.580. The molecule has 0 atom stereocenters. The van der Waals surface area contributed by atoms with Crippen LogP contribution >= 0.6 is 0 Å². The van der Waals surface area contributed by atoms with E-state index in [1.165, 1.54) is 25.7 Å². The minimum Gasteiger partial charge on any atom is -0.489 e. The van der Waals surface area contributed by atoms with E-state index >= 15 is 0 Å². The summed E-state index contributed by atoms with van der Waals surface area (Å²) in [6.07, 6.45) is 6.57. The fourth-order valence-electron chi connectivity index (χ4n) is 3.52. The third kappa shape index (κ3) is 5.35. The standard InChI is InChI=1S/C24H25N3O2/c28-24(23-16-21(14-15-25-23)26-19-8-4-5-9-19)27-20-10-12-22(13-11-20)29-17-18-6-2-1-3-7-18/h1-3,6-7,10-16,19H,4-5,8-9,17H2,(H,25,26)(H,27,28). The van der Waals surface area contributed by atoms with Gasteiger partial charge in [-0.2, -0.15) is 0 Å². The molecule has 1 heterocycles. The largest absolute Gasteiger partial charge is 0.489 e. The van der Waals surface area contributed by atoms with Crippen LogP contribution in [0.1, 0.15) is 41.7 Å². The van der Waals surface area contributed by atoms with Gasteiger partial charge in [-0.15, -0.1) is 0 Å². The average Bonchev–Trinajstić information content (AvgIpc) is 3.27. The highest BCUT2D eigenvalue weighted by atomic mass is 16.5. The van der Waals surface area contributed by atoms with Crippen molar-refractivity contribution in [3.63, 3.8) is 0 Å². The number of carbonyl (C=O) groups excluding carboxylic acids is 1. The number of pyridine rings is 1. The number of rotatable bonds is 7. The van der Waals surface area contributed by atoms with Crippen LogP contribution in [0.15, 0.2) is 72.9 Å². The Morgan fingerprint density at radius 2 is 1.72 bits per heavy atom. The zero-order valence-corrected chi connectivity index (χ0v) is 16.3. The Morgan fingerprint density at radius 3 is 2.48 bits per heavy atom. The molecule has 0 spiro atoms. The van der Waals surface area contributed by atoms with Gasteiger partial charge in [0, 0.05) is 23.6 Å². The Hall–Kier alpha value is -3.34. The first-order valence-corrected chi connectivity index (χ1v) is 10.1. The van der Waals surface area contributed by atoms with Crippen LogP contribution in [0.3, 0.4) is 0 Å². The highest BCUT2D eigenvalue weighted by molar-refractivity contribution is 6.03. The van der Waals surface area contributed by atoms with Gasteiger partial charge in [0.2, 0.25) is 0 Å². The molecule has 0 radical (unpaired) electrons. The van der Waals surface area contributed by atoms with Crippen molar-refractivity contribution >= 4 is 17.3 Å². The summed E-state index contributed by atoms with van der Waals surface area (Å²) in [5, 5.41) is 6.39. The summed E-state index contributed by atoms with van der Waals surface area (Å²) in [4.78, 5) is 16.8. The number of nitrogens with zero attached hydrogens (tertiary/aromatic N) is 1. The molecule has 5 nitrogen and oxygen atoms in total. The van der Waals surface area contributed by atoms with Gasteiger partial charge in [0.15, 0.2) is 0 Å². The van der Waals surface area contributed by atoms with E-state index in [0.29, 0.717) is 24.0 Å². The van der Waals surface area contributed by atoms with Crippen molar-refractivity contribution in [2.75, 3.05) is 10.6 Å². The minimum atomic E-state index is -0.224. The van der Waals surface area contributed by atoms with Crippen LogP contribution in [-0.4, -0.2) is 16.9 Å². The molecule has 0 aliphatic heterocycles. The Balaban J connectivity index is 1.33. The topological polar surface area (TPSA) is 63.2 Å². The molecule has 1 fully saturated rings. The Bertz CT molecular complexity index is 936. The zero-order chi connectivity index (χ0) is 19.9. The molecule has 2 N–H and O–H groups in total. The first-order valence-electron chi connectivity index (χ1n) is 10.1. The summed E-state index contributed by atoms with van der Waals surface area (Å²) in [5.74, 6) is 0.533. The number of benzene rings is 2. The predicted molar refractivity (Wildman–Crippen MR) is 115 cm³/mol. The van der Waals surface area contributed by atoms with Crippen LogP contribution in [0.5, 0.6) is 5.75 Å². The lowest BCUT2D eigenvalue weighted by Gasteiger charge is -2.14. The fourth-order valence-corrected chi connectivity index (χ4v) is 3.52. The smallest absolute Gasteiger partial charge is 0.274 e. The van der Waals surface area contributed by atoms with Crippen molar-refractivity contribution in [2.45, 2.75) is 38.3 Å². The number of carbonyl (C=O) groups is 1. The second kappa shape index (κ2) is 9.24. The minimum absolute atomic E-state index is 0.224. The summed E-state index contributed by atoms with van der Waals surface area (Å²) < 4.78 is 5.78. The molecule has 3 aromatic rings. The number of hydrogen-bond donors (Lipinski definition) is 2. The van der Waals surface area contributed by atoms with Gasteiger partial charge in [0.25, 0.3) is 5.91 Å². The lowest BCUT2D eigenvalue weighted by Crippen LogP contribution is -2.17. The molecular weight excluding hydrogens is 362 g/mol. The monoisotopic (exact) mass is 387 g/mol. The Kier molecular flexibility index (Phi) is 6.05. The van der Waals surface area contributed by atoms with Gasteiger partial charge in [0.1, 0.15) is 18.1 Å². The second-order valence-corrected chi connectivity index (χ2v) is 7.31. The predicted octanol–water partition coefficient (Wildman–Crippen LogP) is 5.27. The third-order valence-corrected chi connectivity index (χ3v) is 5.08. The van der Waals surface area contributed by atoms with Crippen LogP contribution in [0, 0.1) is 0 Å². The number of ether oxygens (including phenoxy) is 1. The lowest BCUT2D eigenvalue weighted by atomic mass is 10.2. The van der Waals surface area contributed by atoms with Crippen LogP contribution in [0.25, 0.3) is 0 Å². The van der Waals surface area contributed by atoms with Gasteiger partial charge in [0.05, 0.1) is 0 Å². The summed E-state index contributed by atoms with van der Waals surface area (Å²) in [6, 6.07) is 21.6. The number of anilines is 2. The van der Waals surface area contributed by atoms with E-state index in [1.807, 2.05) is 66.7 Å². The van der Waals surface area contributed by atoms with Crippen molar-refractivity contribution in [3.05, 3.63) is 84.2 Å². The van der Waals surface area contributed by atoms with E-state index in [9.17, 15) is 4.79 Å². The van der Waals surface area contributed by atoms with Crippen molar-refractivity contribution < 1.29 is 9.53 Å². The molecular formula is C24H25N3O2. The average molecular weight is 387 g/mol. The molecule has 0 unspecified atom stereocenters. The molecule has 1 aromatic heterocycles. The number of nitrogens with one attached hydrogen (secondary N) is 2. The highest BCUT2D eigenvalue weighted by Gasteiger charge is 2.15. The molecule has 0 bridgehead atoms. The summed E-state index contributed by atoms with van der Waals surface area (Å²) >= 11 is 0. The van der Waals surface area contributed by atoms with Gasteiger partial charge in [-0.3, -0.25) is 9.78 Å². The van der Waals surface area contributed by atoms with Crippen molar-refractivity contribution in [2.24, 2.45) is 0 Å². The molecule has 4 rings (SSSR count). The maximum atomic E-state index is 12.6. The molecule has 148 valence electrons. The van der Waals surface area contributed by atoms with E-state index in [1.54, 1.807) is 6.20 Å². The van der Waals surface area contributed by atoms with Crippen molar-refractivity contribution in [1.82, 2.24) is 4.98 Å². The molecule has 29 heavy (non-hydrogen) atoms. The number of amides is 1. The van der Waals surface area contributed by atoms with E-state index in [4.69, 9.17) is 4.74 Å². The Morgan fingerprint density at radius 1 is 0.966 bits per heavy atom. The molecule has 0 saturated heterocycles. The van der Waals surface area contributed by atoms with Crippen LogP contribution in [0.2, 0.25) is 0 Å². The van der Waals surface area contributed by atoms with Crippen LogP contribution in [-0.2, 0) is 6.61 Å². The summed E-state index contributed by atoms with van der Waals surface area (Å²) in [6.45, 7) is 0.511. The maximum Gasteiger partial charge on any atom is 0.274 e. The lowest BCUT2D eigenvalue weighted by molar-refractivity contribution is 0.102. The SMILES string of the molecule is O=C(Nc1ccc(OCc2ccccc2)cc1)c1cc(NC2CCCC2)ccn1. The van der Waals surface area contributed by atoms with Gasteiger partial charge < -0.3 is 15.4 Å². The maximum absolute atomic E-state index is 12.6. The van der Waals surface area contributed by atoms with E-state index in [2.05, 4.69) is 15.6 Å². The van der Waals surface area contributed by atoms with E-state index in [0.717, 1.165) is 17.0 Å². The van der Waals surface area contributed by atoms with Crippen LogP contribution in [0.4, 0.5) is 11.4 Å². The second-order valence-electron chi connectivity index (χ2n) is 7.31. The summed E-state index contributed by atoms with van der Waals surface area (Å²) in [5.41, 5.74) is 3.17. The Labute approximate surface area is 171 Å². The first-order chi connectivity index (χ1) is 14.3. The molecule has 1 aliphatic carbocycles. The van der Waals surface area contributed by atoms with Gasteiger partial charge in [-0.1, -0.05) is 43.2 Å². The highest BCUT2D eigenvalue weighted by Crippen LogP contribution is 2.23. The van der Waals surface area contributed by atoms with Crippen molar-refractivity contribution in [1.29, 1.82) is 0 Å². The first kappa shape index (κ1) is 19.0. The molecule has 2 aromatic carbocycles. The number of hydrogen-bond acceptors (Lipinski definition) is 4. The van der Waals surface area contributed by atoms with E-state index < -0.39 is 0 Å². The van der Waals surface area contributed by atoms with E-state index in [-0.39, 0.29) is 5.91 Å². The number of aromatic nitrogens is 1. The van der Waals surface area contributed by atoms with Crippen molar-refractivity contribution in [3.8, 4) is 5.75 Å². The zero-order valence-electron chi connectivity index (χ0n) is 16.3. The summed E-state index contributed by atoms with van der Waals surface area (Å²) in [7, 11) is 0. The van der Waals surface area contributed by atoms with Gasteiger partial charge in [-0.05, 0) is 54.8 Å². The van der Waals surface area contributed by atoms with Crippen LogP contribution < -0.4 is 15.4 Å². The normalized spacial score (nSPS) is 13.8. The van der Waals surface area contributed by atoms with Gasteiger partial charge >= 0.3 is 0 Å². The van der Waals surface area contributed by atoms with Gasteiger partial charge in [-0.25, -0.2) is 0 Å². The fraction of sp³-hybridized carbons (Fsp3) is 0.250. The molecule has 1 amide bonds. The molecule has 5 heteroatoms. The third-order valence-electron chi connectivity index (χ3n) is 5.08. The molecule has 1 aliphatic rings. The molecule has 1 saturated carbocycles.